The van der Waals surface area contributed by atoms with Gasteiger partial charge in [0.05, 0.1) is 10.6 Å². The monoisotopic (exact) mass is 445 g/mol. The lowest BCUT2D eigenvalue weighted by Gasteiger charge is -2.12. The standard InChI is InChI=1S/C21H17F2N3O6/c1-13-20(26(28)29)18(32-25-13)11-8-14-6-9-15(10-7-14)30-12-19(27)24-16-4-2-3-5-17(16)31-21(22)23/h2-11,21H,12H2,1H3,(H,24,27)/b11-8+. The van der Waals surface area contributed by atoms with E-state index in [0.29, 0.717) is 11.3 Å². The van der Waals surface area contributed by atoms with Crippen molar-refractivity contribution in [2.24, 2.45) is 0 Å². The van der Waals surface area contributed by atoms with Crippen molar-refractivity contribution in [2.75, 3.05) is 11.9 Å². The average Bonchev–Trinajstić information content (AvgIpc) is 3.13. The molecule has 11 heteroatoms. The highest BCUT2D eigenvalue weighted by Gasteiger charge is 2.21. The van der Waals surface area contributed by atoms with E-state index in [1.807, 2.05) is 0 Å². The van der Waals surface area contributed by atoms with Crippen molar-refractivity contribution >= 4 is 29.4 Å². The van der Waals surface area contributed by atoms with Crippen LogP contribution < -0.4 is 14.8 Å². The predicted molar refractivity (Wildman–Crippen MR) is 110 cm³/mol. The van der Waals surface area contributed by atoms with Crippen LogP contribution in [-0.2, 0) is 4.79 Å². The van der Waals surface area contributed by atoms with Gasteiger partial charge < -0.3 is 19.3 Å². The number of nitro groups is 1. The number of para-hydroxylation sites is 2. The lowest BCUT2D eigenvalue weighted by molar-refractivity contribution is -0.386. The minimum atomic E-state index is -3.02. The van der Waals surface area contributed by atoms with Gasteiger partial charge in [0, 0.05) is 0 Å². The topological polar surface area (TPSA) is 117 Å². The third-order valence-electron chi connectivity index (χ3n) is 4.09. The van der Waals surface area contributed by atoms with Crippen LogP contribution in [0.4, 0.5) is 20.2 Å². The SMILES string of the molecule is Cc1noc(/C=C/c2ccc(OCC(=O)Nc3ccccc3OC(F)F)cc2)c1[N+](=O)[O-]. The molecule has 0 fully saturated rings. The van der Waals surface area contributed by atoms with E-state index < -0.39 is 17.4 Å². The fraction of sp³-hybridized carbons (Fsp3) is 0.143. The molecule has 0 aliphatic carbocycles. The quantitative estimate of drug-likeness (QED) is 0.375. The Balaban J connectivity index is 1.56. The van der Waals surface area contributed by atoms with Crippen LogP contribution in [-0.4, -0.2) is 29.2 Å². The first-order chi connectivity index (χ1) is 15.3. The fourth-order valence-electron chi connectivity index (χ4n) is 2.66. The van der Waals surface area contributed by atoms with Crippen molar-refractivity contribution in [3.63, 3.8) is 0 Å². The largest absolute Gasteiger partial charge is 0.484 e. The molecule has 0 atom stereocenters. The molecule has 9 nitrogen and oxygen atoms in total. The van der Waals surface area contributed by atoms with E-state index in [0.717, 1.165) is 0 Å². The second kappa shape index (κ2) is 10.2. The minimum absolute atomic E-state index is 0.0283. The summed E-state index contributed by atoms with van der Waals surface area (Å²) in [5.74, 6) is -0.307. The van der Waals surface area contributed by atoms with Crippen molar-refractivity contribution in [1.29, 1.82) is 0 Å². The molecule has 166 valence electrons. The van der Waals surface area contributed by atoms with Crippen LogP contribution >= 0.6 is 0 Å². The Morgan fingerprint density at radius 3 is 2.62 bits per heavy atom. The van der Waals surface area contributed by atoms with Gasteiger partial charge in [-0.1, -0.05) is 35.5 Å². The van der Waals surface area contributed by atoms with E-state index in [1.54, 1.807) is 36.4 Å². The van der Waals surface area contributed by atoms with Gasteiger partial charge in [-0.05, 0) is 42.8 Å². The molecular formula is C21H17F2N3O6. The molecule has 1 aromatic heterocycles. The molecule has 2 aromatic carbocycles. The zero-order valence-electron chi connectivity index (χ0n) is 16.7. The lowest BCUT2D eigenvalue weighted by atomic mass is 10.2. The number of carbonyl (C=O) groups is 1. The Hall–Kier alpha value is -4.28. The van der Waals surface area contributed by atoms with Crippen LogP contribution in [0, 0.1) is 17.0 Å². The number of carbonyl (C=O) groups excluding carboxylic acids is 1. The zero-order valence-corrected chi connectivity index (χ0v) is 16.7. The number of halogens is 2. The number of aryl methyl sites for hydroxylation is 1. The summed E-state index contributed by atoms with van der Waals surface area (Å²) in [5, 5.41) is 17.1. The molecule has 1 N–H and O–H groups in total. The van der Waals surface area contributed by atoms with Gasteiger partial charge in [0.2, 0.25) is 5.76 Å². The third-order valence-corrected chi connectivity index (χ3v) is 4.09. The highest BCUT2D eigenvalue weighted by Crippen LogP contribution is 2.26. The molecule has 0 saturated carbocycles. The van der Waals surface area contributed by atoms with Crippen LogP contribution in [0.25, 0.3) is 12.2 Å². The lowest BCUT2D eigenvalue weighted by Crippen LogP contribution is -2.20. The number of rotatable bonds is 9. The number of benzene rings is 2. The average molecular weight is 445 g/mol. The normalized spacial score (nSPS) is 11.0. The van der Waals surface area contributed by atoms with Crippen molar-refractivity contribution in [3.05, 3.63) is 75.7 Å². The third kappa shape index (κ3) is 5.88. The summed E-state index contributed by atoms with van der Waals surface area (Å²) >= 11 is 0. The molecule has 0 aliphatic rings. The van der Waals surface area contributed by atoms with E-state index >= 15 is 0 Å². The summed E-state index contributed by atoms with van der Waals surface area (Å²) in [7, 11) is 0. The van der Waals surface area contributed by atoms with Gasteiger partial charge in [0.15, 0.2) is 12.3 Å². The number of aromatic nitrogens is 1. The molecule has 0 spiro atoms. The number of ether oxygens (including phenoxy) is 2. The molecule has 1 amide bonds. The highest BCUT2D eigenvalue weighted by atomic mass is 19.3. The van der Waals surface area contributed by atoms with Crippen molar-refractivity contribution < 1.29 is 32.5 Å². The fourth-order valence-corrected chi connectivity index (χ4v) is 2.66. The Labute approximate surface area is 180 Å². The second-order valence-electron chi connectivity index (χ2n) is 6.35. The first-order valence-corrected chi connectivity index (χ1v) is 9.19. The number of alkyl halides is 2. The Morgan fingerprint density at radius 1 is 1.22 bits per heavy atom. The number of nitrogens with one attached hydrogen (secondary N) is 1. The number of hydrogen-bond acceptors (Lipinski definition) is 7. The van der Waals surface area contributed by atoms with Gasteiger partial charge >= 0.3 is 12.3 Å². The van der Waals surface area contributed by atoms with Gasteiger partial charge in [0.25, 0.3) is 5.91 Å². The van der Waals surface area contributed by atoms with Crippen LogP contribution in [0.1, 0.15) is 17.0 Å². The first kappa shape index (κ1) is 22.4. The van der Waals surface area contributed by atoms with E-state index in [2.05, 4.69) is 15.2 Å². The number of nitrogens with zero attached hydrogens (tertiary/aromatic N) is 2. The number of amides is 1. The Morgan fingerprint density at radius 2 is 1.94 bits per heavy atom. The molecule has 0 unspecified atom stereocenters. The summed E-state index contributed by atoms with van der Waals surface area (Å²) in [6, 6.07) is 12.3. The van der Waals surface area contributed by atoms with E-state index in [1.165, 1.54) is 31.2 Å². The maximum absolute atomic E-state index is 12.4. The predicted octanol–water partition coefficient (Wildman–Crippen LogP) is 4.68. The molecular weight excluding hydrogens is 428 g/mol. The van der Waals surface area contributed by atoms with Crippen molar-refractivity contribution in [3.8, 4) is 11.5 Å². The molecule has 0 radical (unpaired) electrons. The smallest absolute Gasteiger partial charge is 0.387 e. The maximum Gasteiger partial charge on any atom is 0.387 e. The highest BCUT2D eigenvalue weighted by molar-refractivity contribution is 5.93. The Kier molecular flexibility index (Phi) is 7.11. The van der Waals surface area contributed by atoms with Gasteiger partial charge in [-0.15, -0.1) is 0 Å². The summed E-state index contributed by atoms with van der Waals surface area (Å²) in [4.78, 5) is 22.6. The summed E-state index contributed by atoms with van der Waals surface area (Å²) in [6.07, 6.45) is 3.03. The maximum atomic E-state index is 12.4. The summed E-state index contributed by atoms with van der Waals surface area (Å²) < 4.78 is 39.6. The molecule has 3 rings (SSSR count). The van der Waals surface area contributed by atoms with E-state index in [-0.39, 0.29) is 35.2 Å². The first-order valence-electron chi connectivity index (χ1n) is 9.19. The minimum Gasteiger partial charge on any atom is -0.484 e. The molecule has 0 aliphatic heterocycles. The summed E-state index contributed by atoms with van der Waals surface area (Å²) in [6.45, 7) is -1.90. The van der Waals surface area contributed by atoms with Crippen LogP contribution in [0.2, 0.25) is 0 Å². The summed E-state index contributed by atoms with van der Waals surface area (Å²) in [5.41, 5.74) is 0.773. The molecule has 32 heavy (non-hydrogen) atoms. The number of hydrogen-bond donors (Lipinski definition) is 1. The molecule has 0 bridgehead atoms. The van der Waals surface area contributed by atoms with Gasteiger partial charge in [-0.2, -0.15) is 8.78 Å². The molecule has 0 saturated heterocycles. The number of anilines is 1. The van der Waals surface area contributed by atoms with Gasteiger partial charge in [-0.3, -0.25) is 14.9 Å². The van der Waals surface area contributed by atoms with E-state index in [9.17, 15) is 23.7 Å². The second-order valence-corrected chi connectivity index (χ2v) is 6.35. The van der Waals surface area contributed by atoms with Crippen molar-refractivity contribution in [1.82, 2.24) is 5.16 Å². The molecule has 1 heterocycles. The van der Waals surface area contributed by atoms with Crippen LogP contribution in [0.5, 0.6) is 11.5 Å². The Bertz CT molecular complexity index is 1130. The van der Waals surface area contributed by atoms with Gasteiger partial charge in [0.1, 0.15) is 11.5 Å². The zero-order chi connectivity index (χ0) is 23.1. The van der Waals surface area contributed by atoms with Crippen molar-refractivity contribution in [2.45, 2.75) is 13.5 Å². The molecule has 3 aromatic rings. The van der Waals surface area contributed by atoms with Crippen LogP contribution in [0.15, 0.2) is 53.1 Å². The van der Waals surface area contributed by atoms with E-state index in [4.69, 9.17) is 9.26 Å². The van der Waals surface area contributed by atoms with Crippen LogP contribution in [0.3, 0.4) is 0 Å². The van der Waals surface area contributed by atoms with Gasteiger partial charge in [-0.25, -0.2) is 0 Å².